The van der Waals surface area contributed by atoms with Gasteiger partial charge in [-0.05, 0) is 6.07 Å². The van der Waals surface area contributed by atoms with Crippen LogP contribution in [0.3, 0.4) is 0 Å². The summed E-state index contributed by atoms with van der Waals surface area (Å²) in [6, 6.07) is 7.09. The Balaban J connectivity index is 2.22. The molecule has 3 nitrogen and oxygen atoms in total. The van der Waals surface area contributed by atoms with Crippen molar-refractivity contribution in [1.82, 2.24) is 5.32 Å². The van der Waals surface area contributed by atoms with E-state index in [0.717, 1.165) is 17.1 Å². The van der Waals surface area contributed by atoms with Gasteiger partial charge in [-0.25, -0.2) is 0 Å². The summed E-state index contributed by atoms with van der Waals surface area (Å²) in [5.74, 6) is 2.00. The molecule has 1 saturated heterocycles. The molecule has 0 bridgehead atoms. The van der Waals surface area contributed by atoms with Crippen molar-refractivity contribution in [2.24, 2.45) is 0 Å². The fourth-order valence-corrected chi connectivity index (χ4v) is 2.62. The van der Waals surface area contributed by atoms with Crippen LogP contribution in [-0.4, -0.2) is 22.5 Å². The van der Waals surface area contributed by atoms with Crippen LogP contribution in [0.15, 0.2) is 24.3 Å². The van der Waals surface area contributed by atoms with Crippen LogP contribution >= 0.6 is 11.8 Å². The molecule has 2 rings (SSSR count). The number of hydrogen-bond acceptors (Lipinski definition) is 3. The van der Waals surface area contributed by atoms with Gasteiger partial charge in [-0.15, -0.1) is 0 Å². The lowest BCUT2D eigenvalue weighted by atomic mass is 10.1. The second-order valence-electron chi connectivity index (χ2n) is 3.50. The highest BCUT2D eigenvalue weighted by Crippen LogP contribution is 2.28. The van der Waals surface area contributed by atoms with Gasteiger partial charge < -0.3 is 10.4 Å². The van der Waals surface area contributed by atoms with Crippen molar-refractivity contribution < 1.29 is 9.90 Å². The molecule has 0 aliphatic carbocycles. The lowest BCUT2D eigenvalue weighted by Gasteiger charge is -2.16. The first-order chi connectivity index (χ1) is 7.27. The molecule has 0 spiro atoms. The normalized spacial score (nSPS) is 21.9. The van der Waals surface area contributed by atoms with E-state index in [4.69, 9.17) is 0 Å². The minimum Gasteiger partial charge on any atom is -0.508 e. The van der Waals surface area contributed by atoms with Gasteiger partial charge in [0.1, 0.15) is 5.75 Å². The third-order valence-corrected chi connectivity index (χ3v) is 3.47. The van der Waals surface area contributed by atoms with Crippen molar-refractivity contribution in [3.63, 3.8) is 0 Å². The molecular weight excluding hydrogens is 210 g/mol. The van der Waals surface area contributed by atoms with Crippen LogP contribution in [0, 0.1) is 0 Å². The Morgan fingerprint density at radius 2 is 2.20 bits per heavy atom. The molecule has 1 unspecified atom stereocenters. The van der Waals surface area contributed by atoms with Gasteiger partial charge in [-0.2, -0.15) is 11.8 Å². The average molecular weight is 223 g/mol. The van der Waals surface area contributed by atoms with E-state index in [9.17, 15) is 9.90 Å². The van der Waals surface area contributed by atoms with E-state index in [2.05, 4.69) is 5.32 Å². The van der Waals surface area contributed by atoms with Crippen molar-refractivity contribution >= 4 is 17.7 Å². The summed E-state index contributed by atoms with van der Waals surface area (Å²) in [6.07, 6.45) is 0.564. The van der Waals surface area contributed by atoms with Gasteiger partial charge in [-0.3, -0.25) is 4.79 Å². The minimum absolute atomic E-state index is 0.0632. The van der Waals surface area contributed by atoms with Gasteiger partial charge in [0.15, 0.2) is 0 Å². The van der Waals surface area contributed by atoms with Crippen molar-refractivity contribution in [3.05, 3.63) is 29.8 Å². The molecule has 0 saturated carbocycles. The lowest BCUT2D eigenvalue weighted by Crippen LogP contribution is -2.27. The Morgan fingerprint density at radius 1 is 1.40 bits per heavy atom. The highest BCUT2D eigenvalue weighted by atomic mass is 32.2. The third-order valence-electron chi connectivity index (χ3n) is 2.41. The number of thioether (sulfide) groups is 1. The van der Waals surface area contributed by atoms with Crippen LogP contribution in [0.25, 0.3) is 0 Å². The maximum absolute atomic E-state index is 11.4. The summed E-state index contributed by atoms with van der Waals surface area (Å²) in [7, 11) is 0. The Bertz CT molecular complexity index is 367. The second kappa shape index (κ2) is 4.57. The predicted molar refractivity (Wildman–Crippen MR) is 60.9 cm³/mol. The monoisotopic (exact) mass is 223 g/mol. The summed E-state index contributed by atoms with van der Waals surface area (Å²) in [6.45, 7) is 0. The van der Waals surface area contributed by atoms with Gasteiger partial charge in [0.25, 0.3) is 0 Å². The molecule has 4 heteroatoms. The number of carbonyl (C=O) groups is 1. The van der Waals surface area contributed by atoms with Crippen molar-refractivity contribution in [1.29, 1.82) is 0 Å². The number of phenolic OH excluding ortho intramolecular Hbond substituents is 1. The lowest BCUT2D eigenvalue weighted by molar-refractivity contribution is -0.121. The maximum atomic E-state index is 11.4. The number of carbonyl (C=O) groups excluding carboxylic acids is 1. The molecule has 1 aliphatic rings. The molecule has 1 fully saturated rings. The van der Waals surface area contributed by atoms with Crippen molar-refractivity contribution in [2.75, 3.05) is 11.5 Å². The van der Waals surface area contributed by atoms with E-state index in [-0.39, 0.29) is 17.7 Å². The van der Waals surface area contributed by atoms with Gasteiger partial charge in [0.2, 0.25) is 5.91 Å². The van der Waals surface area contributed by atoms with Crippen LogP contribution in [-0.2, 0) is 4.79 Å². The van der Waals surface area contributed by atoms with E-state index in [1.54, 1.807) is 23.9 Å². The summed E-state index contributed by atoms with van der Waals surface area (Å²) < 4.78 is 0. The highest BCUT2D eigenvalue weighted by molar-refractivity contribution is 7.99. The molecule has 1 amide bonds. The zero-order valence-electron chi connectivity index (χ0n) is 8.27. The SMILES string of the molecule is O=C1CCSCC(c2ccccc2O)N1. The van der Waals surface area contributed by atoms with E-state index >= 15 is 0 Å². The average Bonchev–Trinajstić information content (AvgIpc) is 2.43. The Hall–Kier alpha value is -1.16. The van der Waals surface area contributed by atoms with E-state index in [1.165, 1.54) is 0 Å². The van der Waals surface area contributed by atoms with Gasteiger partial charge in [0.05, 0.1) is 6.04 Å². The number of para-hydroxylation sites is 1. The quantitative estimate of drug-likeness (QED) is 0.761. The number of rotatable bonds is 1. The molecular formula is C11H13NO2S. The molecule has 0 radical (unpaired) electrons. The fourth-order valence-electron chi connectivity index (χ4n) is 1.62. The summed E-state index contributed by atoms with van der Waals surface area (Å²) in [5.41, 5.74) is 0.806. The number of nitrogens with one attached hydrogen (secondary N) is 1. The first-order valence-electron chi connectivity index (χ1n) is 4.92. The van der Waals surface area contributed by atoms with Crippen LogP contribution in [0.4, 0.5) is 0 Å². The van der Waals surface area contributed by atoms with Crippen LogP contribution in [0.2, 0.25) is 0 Å². The molecule has 0 aromatic heterocycles. The number of hydrogen-bond donors (Lipinski definition) is 2. The second-order valence-corrected chi connectivity index (χ2v) is 4.65. The zero-order valence-corrected chi connectivity index (χ0v) is 9.09. The first-order valence-corrected chi connectivity index (χ1v) is 6.08. The fraction of sp³-hybridized carbons (Fsp3) is 0.364. The minimum atomic E-state index is -0.0637. The number of aromatic hydroxyl groups is 1. The van der Waals surface area contributed by atoms with Crippen molar-refractivity contribution in [2.45, 2.75) is 12.5 Å². The largest absolute Gasteiger partial charge is 0.508 e. The zero-order chi connectivity index (χ0) is 10.7. The summed E-state index contributed by atoms with van der Waals surface area (Å²) >= 11 is 1.74. The molecule has 80 valence electrons. The van der Waals surface area contributed by atoms with E-state index in [1.807, 2.05) is 12.1 Å². The predicted octanol–water partition coefficient (Wildman–Crippen LogP) is 1.69. The molecule has 1 atom stereocenters. The smallest absolute Gasteiger partial charge is 0.221 e. The number of amides is 1. The Labute approximate surface area is 92.9 Å². The topological polar surface area (TPSA) is 49.3 Å². The summed E-state index contributed by atoms with van der Waals surface area (Å²) in [4.78, 5) is 11.4. The molecule has 1 heterocycles. The first kappa shape index (κ1) is 10.4. The Morgan fingerprint density at radius 3 is 3.00 bits per heavy atom. The molecule has 1 aromatic carbocycles. The van der Waals surface area contributed by atoms with Crippen LogP contribution < -0.4 is 5.32 Å². The maximum Gasteiger partial charge on any atom is 0.221 e. The highest BCUT2D eigenvalue weighted by Gasteiger charge is 2.20. The molecule has 15 heavy (non-hydrogen) atoms. The van der Waals surface area contributed by atoms with E-state index < -0.39 is 0 Å². The van der Waals surface area contributed by atoms with Gasteiger partial charge in [-0.1, -0.05) is 18.2 Å². The Kier molecular flexibility index (Phi) is 3.16. The van der Waals surface area contributed by atoms with Crippen LogP contribution in [0.1, 0.15) is 18.0 Å². The van der Waals surface area contributed by atoms with Gasteiger partial charge in [0, 0.05) is 23.5 Å². The number of benzene rings is 1. The standard InChI is InChI=1S/C11H13NO2S/c13-10-4-2-1-3-8(10)9-7-15-6-5-11(14)12-9/h1-4,9,13H,5-7H2,(H,12,14). The molecule has 2 N–H and O–H groups in total. The van der Waals surface area contributed by atoms with Gasteiger partial charge >= 0.3 is 0 Å². The van der Waals surface area contributed by atoms with Crippen molar-refractivity contribution in [3.8, 4) is 5.75 Å². The summed E-state index contributed by atoms with van der Waals surface area (Å²) in [5, 5.41) is 12.6. The number of phenols is 1. The third kappa shape index (κ3) is 2.45. The molecule has 1 aromatic rings. The molecule has 1 aliphatic heterocycles. The van der Waals surface area contributed by atoms with E-state index in [0.29, 0.717) is 6.42 Å². The van der Waals surface area contributed by atoms with Crippen LogP contribution in [0.5, 0.6) is 5.75 Å².